The largest absolute Gasteiger partial charge is 0.373 e. The molecule has 0 bridgehead atoms. The zero-order chi connectivity index (χ0) is 8.39. The van der Waals surface area contributed by atoms with Gasteiger partial charge in [0.05, 0.1) is 12.7 Å². The van der Waals surface area contributed by atoms with Gasteiger partial charge >= 0.3 is 0 Å². The fourth-order valence-corrected chi connectivity index (χ4v) is 2.44. The molecule has 1 saturated heterocycles. The van der Waals surface area contributed by atoms with Crippen LogP contribution in [0.4, 0.5) is 0 Å². The summed E-state index contributed by atoms with van der Waals surface area (Å²) in [6.07, 6.45) is 8.69. The molecule has 0 radical (unpaired) electrons. The number of ether oxygens (including phenoxy) is 1. The Morgan fingerprint density at radius 3 is 2.50 bits per heavy atom. The topological polar surface area (TPSA) is 9.23 Å². The van der Waals surface area contributed by atoms with Crippen molar-refractivity contribution < 1.29 is 4.74 Å². The minimum atomic E-state index is 0.526. The molecule has 1 atom stereocenters. The van der Waals surface area contributed by atoms with E-state index in [0.29, 0.717) is 6.10 Å². The maximum atomic E-state index is 5.71. The highest BCUT2D eigenvalue weighted by atomic mass is 16.5. The monoisotopic (exact) mass is 166 g/mol. The average molecular weight is 166 g/mol. The van der Waals surface area contributed by atoms with Crippen molar-refractivity contribution in [2.75, 3.05) is 6.61 Å². The molecule has 0 spiro atoms. The summed E-state index contributed by atoms with van der Waals surface area (Å²) in [5.74, 6) is 0.845. The van der Waals surface area contributed by atoms with Gasteiger partial charge in [0.25, 0.3) is 0 Å². The van der Waals surface area contributed by atoms with E-state index in [1.807, 2.05) is 0 Å². The van der Waals surface area contributed by atoms with Gasteiger partial charge in [-0.25, -0.2) is 0 Å². The van der Waals surface area contributed by atoms with Crippen molar-refractivity contribution in [3.8, 4) is 0 Å². The van der Waals surface area contributed by atoms with E-state index in [1.165, 1.54) is 37.7 Å². The first kappa shape index (κ1) is 8.31. The standard InChI is InChI=1S/C11H18O/c1-9-7-11(12-8-9)10-5-3-2-4-6-10/h10-11H,1-8H2. The van der Waals surface area contributed by atoms with Gasteiger partial charge in [0.1, 0.15) is 0 Å². The third-order valence-electron chi connectivity index (χ3n) is 3.17. The van der Waals surface area contributed by atoms with Crippen molar-refractivity contribution >= 4 is 0 Å². The molecule has 0 amide bonds. The Morgan fingerprint density at radius 2 is 1.92 bits per heavy atom. The van der Waals surface area contributed by atoms with Gasteiger partial charge in [-0.2, -0.15) is 0 Å². The Hall–Kier alpha value is -0.300. The van der Waals surface area contributed by atoms with E-state index >= 15 is 0 Å². The molecule has 1 aliphatic carbocycles. The first-order valence-electron chi connectivity index (χ1n) is 5.14. The van der Waals surface area contributed by atoms with Crippen LogP contribution in [0.15, 0.2) is 12.2 Å². The lowest BCUT2D eigenvalue weighted by atomic mass is 9.84. The van der Waals surface area contributed by atoms with Crippen molar-refractivity contribution in [2.45, 2.75) is 44.6 Å². The van der Waals surface area contributed by atoms with Gasteiger partial charge in [-0.05, 0) is 30.8 Å². The van der Waals surface area contributed by atoms with Gasteiger partial charge in [0.2, 0.25) is 0 Å². The van der Waals surface area contributed by atoms with Crippen LogP contribution in [0.3, 0.4) is 0 Å². The summed E-state index contributed by atoms with van der Waals surface area (Å²) in [6, 6.07) is 0. The molecule has 2 fully saturated rings. The van der Waals surface area contributed by atoms with Crippen molar-refractivity contribution in [2.24, 2.45) is 5.92 Å². The van der Waals surface area contributed by atoms with Gasteiger partial charge < -0.3 is 4.74 Å². The van der Waals surface area contributed by atoms with E-state index in [9.17, 15) is 0 Å². The van der Waals surface area contributed by atoms with Crippen LogP contribution in [0.5, 0.6) is 0 Å². The van der Waals surface area contributed by atoms with Crippen molar-refractivity contribution in [3.63, 3.8) is 0 Å². The third-order valence-corrected chi connectivity index (χ3v) is 3.17. The van der Waals surface area contributed by atoms with Crippen LogP contribution in [-0.4, -0.2) is 12.7 Å². The lowest BCUT2D eigenvalue weighted by Gasteiger charge is -2.26. The molecule has 0 aromatic rings. The molecule has 1 heteroatoms. The van der Waals surface area contributed by atoms with E-state index in [1.54, 1.807) is 0 Å². The number of rotatable bonds is 1. The highest BCUT2D eigenvalue weighted by molar-refractivity contribution is 5.03. The molecule has 0 N–H and O–H groups in total. The maximum absolute atomic E-state index is 5.71. The van der Waals surface area contributed by atoms with Crippen LogP contribution in [0.1, 0.15) is 38.5 Å². The molecule has 0 aromatic heterocycles. The van der Waals surface area contributed by atoms with Crippen molar-refractivity contribution in [3.05, 3.63) is 12.2 Å². The number of hydrogen-bond acceptors (Lipinski definition) is 1. The summed E-state index contributed by atoms with van der Waals surface area (Å²) < 4.78 is 5.71. The van der Waals surface area contributed by atoms with Crippen LogP contribution in [0.2, 0.25) is 0 Å². The molecule has 2 aliphatic rings. The molecule has 1 aliphatic heterocycles. The molecule has 2 rings (SSSR count). The molecular formula is C11H18O. The lowest BCUT2D eigenvalue weighted by Crippen LogP contribution is -2.21. The SMILES string of the molecule is C=C1COC(C2CCCCC2)C1. The van der Waals surface area contributed by atoms with Gasteiger partial charge in [-0.3, -0.25) is 0 Å². The predicted molar refractivity (Wildman–Crippen MR) is 50.1 cm³/mol. The molecule has 12 heavy (non-hydrogen) atoms. The van der Waals surface area contributed by atoms with Crippen molar-refractivity contribution in [1.29, 1.82) is 0 Å². The fourth-order valence-electron chi connectivity index (χ4n) is 2.44. The minimum Gasteiger partial charge on any atom is -0.373 e. The molecule has 1 nitrogen and oxygen atoms in total. The van der Waals surface area contributed by atoms with Crippen molar-refractivity contribution in [1.82, 2.24) is 0 Å². The Balaban J connectivity index is 1.86. The second-order valence-corrected chi connectivity index (χ2v) is 4.20. The van der Waals surface area contributed by atoms with Gasteiger partial charge in [0.15, 0.2) is 0 Å². The van der Waals surface area contributed by atoms with E-state index in [0.717, 1.165) is 18.9 Å². The van der Waals surface area contributed by atoms with Crippen LogP contribution in [0, 0.1) is 5.92 Å². The zero-order valence-corrected chi connectivity index (χ0v) is 7.72. The van der Waals surface area contributed by atoms with Gasteiger partial charge in [0, 0.05) is 0 Å². The third kappa shape index (κ3) is 1.71. The Morgan fingerprint density at radius 1 is 1.17 bits per heavy atom. The molecule has 68 valence electrons. The summed E-state index contributed by atoms with van der Waals surface area (Å²) in [6.45, 7) is 4.79. The quantitative estimate of drug-likeness (QED) is 0.544. The zero-order valence-electron chi connectivity index (χ0n) is 7.72. The smallest absolute Gasteiger partial charge is 0.0679 e. The van der Waals surface area contributed by atoms with E-state index in [-0.39, 0.29) is 0 Å². The molecule has 1 unspecified atom stereocenters. The van der Waals surface area contributed by atoms with Gasteiger partial charge in [-0.15, -0.1) is 0 Å². The Kier molecular flexibility index (Phi) is 2.50. The first-order chi connectivity index (χ1) is 5.86. The second-order valence-electron chi connectivity index (χ2n) is 4.20. The average Bonchev–Trinajstić information content (AvgIpc) is 2.54. The molecule has 1 saturated carbocycles. The van der Waals surface area contributed by atoms with Crippen LogP contribution < -0.4 is 0 Å². The summed E-state index contributed by atoms with van der Waals surface area (Å²) in [5.41, 5.74) is 1.30. The van der Waals surface area contributed by atoms with E-state index < -0.39 is 0 Å². The highest BCUT2D eigenvalue weighted by Crippen LogP contribution is 2.33. The summed E-state index contributed by atoms with van der Waals surface area (Å²) in [4.78, 5) is 0. The van der Waals surface area contributed by atoms with Crippen LogP contribution in [-0.2, 0) is 4.74 Å². The summed E-state index contributed by atoms with van der Waals surface area (Å²) in [7, 11) is 0. The predicted octanol–water partition coefficient (Wildman–Crippen LogP) is 2.91. The summed E-state index contributed by atoms with van der Waals surface area (Å²) >= 11 is 0. The molecule has 1 heterocycles. The highest BCUT2D eigenvalue weighted by Gasteiger charge is 2.28. The van der Waals surface area contributed by atoms with Gasteiger partial charge in [-0.1, -0.05) is 25.8 Å². The second kappa shape index (κ2) is 3.61. The first-order valence-corrected chi connectivity index (χ1v) is 5.14. The molecular weight excluding hydrogens is 148 g/mol. The molecule has 0 aromatic carbocycles. The minimum absolute atomic E-state index is 0.526. The maximum Gasteiger partial charge on any atom is 0.0679 e. The fraction of sp³-hybridized carbons (Fsp3) is 0.818. The summed E-state index contributed by atoms with van der Waals surface area (Å²) in [5, 5.41) is 0. The Bertz CT molecular complexity index is 168. The van der Waals surface area contributed by atoms with Crippen LogP contribution in [0.25, 0.3) is 0 Å². The lowest BCUT2D eigenvalue weighted by molar-refractivity contribution is 0.0488. The normalized spacial score (nSPS) is 32.7. The van der Waals surface area contributed by atoms with E-state index in [2.05, 4.69) is 6.58 Å². The van der Waals surface area contributed by atoms with E-state index in [4.69, 9.17) is 4.74 Å². The van der Waals surface area contributed by atoms with Crippen LogP contribution >= 0.6 is 0 Å². The Labute approximate surface area is 74.8 Å². The number of hydrogen-bond donors (Lipinski definition) is 0.